The largest absolute Gasteiger partial charge is 0.497 e. The third-order valence-electron chi connectivity index (χ3n) is 6.11. The van der Waals surface area contributed by atoms with Gasteiger partial charge < -0.3 is 20.7 Å². The lowest BCUT2D eigenvalue weighted by atomic mass is 10.2. The van der Waals surface area contributed by atoms with Crippen LogP contribution in [0.2, 0.25) is 0 Å². The Hall–Kier alpha value is -3.77. The van der Waals surface area contributed by atoms with Gasteiger partial charge in [0.2, 0.25) is 11.9 Å². The van der Waals surface area contributed by atoms with Gasteiger partial charge in [0.05, 0.1) is 22.8 Å². The maximum absolute atomic E-state index is 13.2. The number of anilines is 1. The molecule has 3 N–H and O–H groups in total. The predicted molar refractivity (Wildman–Crippen MR) is 136 cm³/mol. The molecule has 0 spiro atoms. The Bertz CT molecular complexity index is 1550. The number of hydrogen-bond acceptors (Lipinski definition) is 9. The van der Waals surface area contributed by atoms with Gasteiger partial charge in [-0.15, -0.1) is 5.10 Å². The van der Waals surface area contributed by atoms with E-state index in [1.54, 1.807) is 39.2 Å². The van der Waals surface area contributed by atoms with Gasteiger partial charge in [-0.2, -0.15) is 4.52 Å². The van der Waals surface area contributed by atoms with Gasteiger partial charge in [0, 0.05) is 30.6 Å². The number of nitrogens with one attached hydrogen (secondary N) is 3. The van der Waals surface area contributed by atoms with Crippen LogP contribution in [0.1, 0.15) is 13.8 Å². The zero-order chi connectivity index (χ0) is 25.4. The van der Waals surface area contributed by atoms with Gasteiger partial charge in [0.15, 0.2) is 21.3 Å². The molecule has 188 valence electrons. The van der Waals surface area contributed by atoms with Crippen molar-refractivity contribution in [3.8, 4) is 17.1 Å². The van der Waals surface area contributed by atoms with Crippen molar-refractivity contribution in [1.82, 2.24) is 30.2 Å². The molecule has 11 nitrogen and oxygen atoms in total. The number of ether oxygens (including phenoxy) is 1. The second-order valence-corrected chi connectivity index (χ2v) is 11.2. The van der Waals surface area contributed by atoms with E-state index in [9.17, 15) is 13.2 Å². The van der Waals surface area contributed by atoms with E-state index in [-0.39, 0.29) is 22.3 Å². The van der Waals surface area contributed by atoms with E-state index in [0.29, 0.717) is 42.2 Å². The normalized spacial score (nSPS) is 16.8. The number of rotatable bonds is 6. The summed E-state index contributed by atoms with van der Waals surface area (Å²) in [6.07, 6.45) is 0. The molecule has 0 aliphatic carbocycles. The molecule has 12 heteroatoms. The van der Waals surface area contributed by atoms with Crippen molar-refractivity contribution >= 4 is 38.2 Å². The van der Waals surface area contributed by atoms with Crippen molar-refractivity contribution in [2.24, 2.45) is 0 Å². The predicted octanol–water partition coefficient (Wildman–Crippen LogP) is 1.64. The molecule has 1 aliphatic heterocycles. The number of sulfone groups is 1. The van der Waals surface area contributed by atoms with Crippen molar-refractivity contribution in [3.05, 3.63) is 42.5 Å². The molecular weight excluding hydrogens is 482 g/mol. The summed E-state index contributed by atoms with van der Waals surface area (Å²) in [5.41, 5.74) is 1.45. The first-order valence-corrected chi connectivity index (χ1v) is 13.2. The van der Waals surface area contributed by atoms with Crippen LogP contribution in [0.25, 0.3) is 27.9 Å². The van der Waals surface area contributed by atoms with Gasteiger partial charge in [-0.05, 0) is 50.2 Å². The minimum absolute atomic E-state index is 0.109. The van der Waals surface area contributed by atoms with E-state index in [1.165, 1.54) is 4.52 Å². The van der Waals surface area contributed by atoms with Crippen LogP contribution in [0, 0.1) is 0 Å². The van der Waals surface area contributed by atoms with Gasteiger partial charge in [-0.1, -0.05) is 6.07 Å². The van der Waals surface area contributed by atoms with Crippen LogP contribution in [0.3, 0.4) is 0 Å². The number of benzene rings is 2. The fourth-order valence-corrected chi connectivity index (χ4v) is 5.25. The second-order valence-electron chi connectivity index (χ2n) is 8.77. The summed E-state index contributed by atoms with van der Waals surface area (Å²) < 4.78 is 33.1. The lowest BCUT2D eigenvalue weighted by Gasteiger charge is -2.17. The van der Waals surface area contributed by atoms with Crippen molar-refractivity contribution in [2.45, 2.75) is 30.0 Å². The minimum atomic E-state index is -3.64. The van der Waals surface area contributed by atoms with Crippen LogP contribution < -0.4 is 20.7 Å². The number of methoxy groups -OCH3 is 1. The van der Waals surface area contributed by atoms with E-state index < -0.39 is 21.1 Å². The highest BCUT2D eigenvalue weighted by atomic mass is 32.2. The van der Waals surface area contributed by atoms with Crippen molar-refractivity contribution in [3.63, 3.8) is 0 Å². The molecule has 1 saturated heterocycles. The Morgan fingerprint density at radius 3 is 2.61 bits per heavy atom. The van der Waals surface area contributed by atoms with Crippen LogP contribution in [0.5, 0.6) is 5.75 Å². The van der Waals surface area contributed by atoms with Gasteiger partial charge in [0.1, 0.15) is 11.8 Å². The third-order valence-corrected chi connectivity index (χ3v) is 8.29. The van der Waals surface area contributed by atoms with Crippen LogP contribution in [-0.2, 0) is 14.6 Å². The SMILES string of the molecule is COc1ccc(-c2nc3c4cccc(S(=O)(=O)C(C)C)c4nc(N[C@@H]4CNCCNC4=O)n3n2)cc1. The summed E-state index contributed by atoms with van der Waals surface area (Å²) in [6, 6.07) is 11.7. The monoisotopic (exact) mass is 509 g/mol. The minimum Gasteiger partial charge on any atom is -0.497 e. The Labute approximate surface area is 208 Å². The Kier molecular flexibility index (Phi) is 6.22. The molecule has 2 aromatic carbocycles. The van der Waals surface area contributed by atoms with E-state index in [2.05, 4.69) is 26.0 Å². The molecule has 36 heavy (non-hydrogen) atoms. The summed E-state index contributed by atoms with van der Waals surface area (Å²) in [5, 5.41) is 13.8. The maximum Gasteiger partial charge on any atom is 0.243 e. The number of hydrogen-bond donors (Lipinski definition) is 3. The molecule has 0 radical (unpaired) electrons. The molecule has 0 saturated carbocycles. The summed E-state index contributed by atoms with van der Waals surface area (Å²) in [4.78, 5) is 22.2. The lowest BCUT2D eigenvalue weighted by Crippen LogP contribution is -2.42. The highest BCUT2D eigenvalue weighted by Crippen LogP contribution is 2.30. The van der Waals surface area contributed by atoms with Gasteiger partial charge in [0.25, 0.3) is 0 Å². The Morgan fingerprint density at radius 2 is 1.89 bits per heavy atom. The first kappa shape index (κ1) is 23.9. The van der Waals surface area contributed by atoms with E-state index in [1.807, 2.05) is 24.3 Å². The van der Waals surface area contributed by atoms with Crippen LogP contribution in [0.4, 0.5) is 5.95 Å². The number of aromatic nitrogens is 4. The molecule has 5 rings (SSSR count). The first-order chi connectivity index (χ1) is 17.3. The molecule has 0 bridgehead atoms. The average molecular weight is 510 g/mol. The highest BCUT2D eigenvalue weighted by Gasteiger charge is 2.27. The van der Waals surface area contributed by atoms with Crippen LogP contribution >= 0.6 is 0 Å². The summed E-state index contributed by atoms with van der Waals surface area (Å²) in [5.74, 6) is 1.16. The third kappa shape index (κ3) is 4.22. The fourth-order valence-electron chi connectivity index (χ4n) is 4.05. The molecule has 2 aromatic heterocycles. The molecule has 3 heterocycles. The quantitative estimate of drug-likeness (QED) is 0.354. The zero-order valence-electron chi connectivity index (χ0n) is 20.1. The molecule has 1 amide bonds. The van der Waals surface area contributed by atoms with Crippen molar-refractivity contribution in [1.29, 1.82) is 0 Å². The topological polar surface area (TPSA) is 140 Å². The number of para-hydroxylation sites is 1. The molecule has 4 aromatic rings. The van der Waals surface area contributed by atoms with E-state index in [4.69, 9.17) is 9.72 Å². The van der Waals surface area contributed by atoms with Gasteiger partial charge in [-0.3, -0.25) is 4.79 Å². The smallest absolute Gasteiger partial charge is 0.243 e. The van der Waals surface area contributed by atoms with Crippen molar-refractivity contribution < 1.29 is 17.9 Å². The van der Waals surface area contributed by atoms with Crippen LogP contribution in [-0.4, -0.2) is 71.9 Å². The molecule has 1 fully saturated rings. The molecule has 0 unspecified atom stereocenters. The molecular formula is C24H27N7O4S. The standard InChI is InChI=1S/C24H27N7O4S/c1-14(2)36(33,34)19-6-4-5-17-20(19)28-24(27-18-13-25-11-12-26-23(18)32)31-22(17)29-21(30-31)15-7-9-16(35-3)10-8-15/h4-10,14,18,25H,11-13H2,1-3H3,(H,26,32)(H,27,28)/t18-/m1/s1. The summed E-state index contributed by atoms with van der Waals surface area (Å²) >= 11 is 0. The van der Waals surface area contributed by atoms with Gasteiger partial charge in [-0.25, -0.2) is 18.4 Å². The number of nitrogens with zero attached hydrogens (tertiary/aromatic N) is 4. The number of amides is 1. The average Bonchev–Trinajstić information content (AvgIpc) is 3.23. The van der Waals surface area contributed by atoms with E-state index in [0.717, 1.165) is 5.56 Å². The first-order valence-electron chi connectivity index (χ1n) is 11.6. The lowest BCUT2D eigenvalue weighted by molar-refractivity contribution is -0.121. The Balaban J connectivity index is 1.74. The molecule has 1 aliphatic rings. The van der Waals surface area contributed by atoms with Crippen LogP contribution in [0.15, 0.2) is 47.4 Å². The van der Waals surface area contributed by atoms with E-state index >= 15 is 0 Å². The summed E-state index contributed by atoms with van der Waals surface area (Å²) in [6.45, 7) is 4.79. The Morgan fingerprint density at radius 1 is 1.11 bits per heavy atom. The summed E-state index contributed by atoms with van der Waals surface area (Å²) in [7, 11) is -2.05. The van der Waals surface area contributed by atoms with Crippen molar-refractivity contribution in [2.75, 3.05) is 32.1 Å². The number of fused-ring (bicyclic) bond motifs is 3. The maximum atomic E-state index is 13.2. The number of carbonyl (C=O) groups excluding carboxylic acids is 1. The van der Waals surface area contributed by atoms with Gasteiger partial charge >= 0.3 is 0 Å². The number of carbonyl (C=O) groups is 1. The second kappa shape index (κ2) is 9.36. The molecule has 1 atom stereocenters. The highest BCUT2D eigenvalue weighted by molar-refractivity contribution is 7.92. The zero-order valence-corrected chi connectivity index (χ0v) is 21.0. The fraction of sp³-hybridized carbons (Fsp3) is 0.333.